The van der Waals surface area contributed by atoms with Crippen LogP contribution in [0.4, 0.5) is 11.4 Å². The Bertz CT molecular complexity index is 883. The van der Waals surface area contributed by atoms with Gasteiger partial charge >= 0.3 is 0 Å². The second-order valence-corrected chi connectivity index (χ2v) is 6.60. The van der Waals surface area contributed by atoms with Gasteiger partial charge in [-0.3, -0.25) is 9.79 Å². The second-order valence-electron chi connectivity index (χ2n) is 6.60. The van der Waals surface area contributed by atoms with Gasteiger partial charge < -0.3 is 14.4 Å². The van der Waals surface area contributed by atoms with Crippen LogP contribution in [0.1, 0.15) is 35.2 Å². The number of para-hydroxylation sites is 1. The Morgan fingerprint density at radius 3 is 2.54 bits per heavy atom. The first-order valence-electron chi connectivity index (χ1n) is 8.92. The van der Waals surface area contributed by atoms with Crippen molar-refractivity contribution in [1.29, 1.82) is 0 Å². The summed E-state index contributed by atoms with van der Waals surface area (Å²) >= 11 is 0. The number of Topliss-reactive ketones (excluding diaryl/α,β-unsaturated/α-hetero) is 1. The first-order chi connectivity index (χ1) is 12.7. The van der Waals surface area contributed by atoms with Crippen LogP contribution in [0.3, 0.4) is 0 Å². The minimum Gasteiger partial charge on any atom is -0.493 e. The lowest BCUT2D eigenvalue weighted by Gasteiger charge is -2.22. The first-order valence-corrected chi connectivity index (χ1v) is 8.92. The number of hydrogen-bond donors (Lipinski definition) is 0. The molecular weight excluding hydrogens is 328 g/mol. The highest BCUT2D eigenvalue weighted by Gasteiger charge is 2.25. The molecule has 2 aliphatic rings. The first kappa shape index (κ1) is 16.6. The standard InChI is InChI=1S/C21H22N2O3/c1-25-20-7-5-6-15(21(20)26-2)18-13-19(24)16-12-14(8-9-17(16)22-18)23-10-3-4-11-23/h5-9,12H,3-4,10-11,13H2,1-2H3. The number of hydrogen-bond acceptors (Lipinski definition) is 5. The molecule has 2 aromatic carbocycles. The molecular formula is C21H22N2O3. The number of nitrogens with zero attached hydrogens (tertiary/aromatic N) is 2. The van der Waals surface area contributed by atoms with Crippen molar-refractivity contribution in [3.63, 3.8) is 0 Å². The minimum atomic E-state index is 0.0934. The molecule has 2 aromatic rings. The highest BCUT2D eigenvalue weighted by atomic mass is 16.5. The summed E-state index contributed by atoms with van der Waals surface area (Å²) in [6, 6.07) is 11.6. The fourth-order valence-corrected chi connectivity index (χ4v) is 3.72. The fraction of sp³-hybridized carbons (Fsp3) is 0.333. The molecule has 4 rings (SSSR count). The van der Waals surface area contributed by atoms with Gasteiger partial charge in [0.1, 0.15) is 0 Å². The number of fused-ring (bicyclic) bond motifs is 1. The molecule has 0 N–H and O–H groups in total. The lowest BCUT2D eigenvalue weighted by Crippen LogP contribution is -2.19. The van der Waals surface area contributed by atoms with E-state index in [2.05, 4.69) is 11.0 Å². The van der Waals surface area contributed by atoms with Gasteiger partial charge in [-0.2, -0.15) is 0 Å². The smallest absolute Gasteiger partial charge is 0.171 e. The third kappa shape index (κ3) is 2.83. The van der Waals surface area contributed by atoms with Crippen LogP contribution in [0.2, 0.25) is 0 Å². The van der Waals surface area contributed by atoms with E-state index >= 15 is 0 Å². The van der Waals surface area contributed by atoms with Crippen LogP contribution in [0.25, 0.3) is 0 Å². The van der Waals surface area contributed by atoms with Crippen molar-refractivity contribution in [3.05, 3.63) is 47.5 Å². The molecule has 2 aliphatic heterocycles. The molecule has 0 bridgehead atoms. The molecule has 0 unspecified atom stereocenters. The Balaban J connectivity index is 1.75. The second kappa shape index (κ2) is 6.83. The third-order valence-corrected chi connectivity index (χ3v) is 5.05. The zero-order chi connectivity index (χ0) is 18.1. The molecule has 0 saturated carbocycles. The summed E-state index contributed by atoms with van der Waals surface area (Å²) in [4.78, 5) is 19.9. The van der Waals surface area contributed by atoms with Gasteiger partial charge in [-0.05, 0) is 43.2 Å². The molecule has 0 amide bonds. The van der Waals surface area contributed by atoms with Crippen molar-refractivity contribution in [2.45, 2.75) is 19.3 Å². The fourth-order valence-electron chi connectivity index (χ4n) is 3.72. The average Bonchev–Trinajstić information content (AvgIpc) is 3.21. The molecule has 0 spiro atoms. The SMILES string of the molecule is COc1cccc(C2=Nc3ccc(N4CCCC4)cc3C(=O)C2)c1OC. The largest absolute Gasteiger partial charge is 0.493 e. The number of carbonyl (C=O) groups excluding carboxylic acids is 1. The number of benzene rings is 2. The van der Waals surface area contributed by atoms with Crippen LogP contribution in [0.15, 0.2) is 41.4 Å². The molecule has 0 aliphatic carbocycles. The average molecular weight is 350 g/mol. The van der Waals surface area contributed by atoms with Gasteiger partial charge in [-0.15, -0.1) is 0 Å². The number of anilines is 1. The number of carbonyl (C=O) groups is 1. The van der Waals surface area contributed by atoms with Gasteiger partial charge in [0.15, 0.2) is 17.3 Å². The molecule has 1 fully saturated rings. The lowest BCUT2D eigenvalue weighted by atomic mass is 9.95. The van der Waals surface area contributed by atoms with Crippen LogP contribution >= 0.6 is 0 Å². The summed E-state index contributed by atoms with van der Waals surface area (Å²) < 4.78 is 10.9. The van der Waals surface area contributed by atoms with Gasteiger partial charge in [0, 0.05) is 29.9 Å². The monoisotopic (exact) mass is 350 g/mol. The van der Waals surface area contributed by atoms with Gasteiger partial charge in [-0.1, -0.05) is 6.07 Å². The highest BCUT2D eigenvalue weighted by Crippen LogP contribution is 2.37. The summed E-state index contributed by atoms with van der Waals surface area (Å²) in [6.07, 6.45) is 2.69. The van der Waals surface area contributed by atoms with Crippen LogP contribution in [-0.2, 0) is 0 Å². The van der Waals surface area contributed by atoms with E-state index in [1.54, 1.807) is 14.2 Å². The van der Waals surface area contributed by atoms with Gasteiger partial charge in [0.05, 0.1) is 32.0 Å². The maximum atomic E-state index is 12.8. The number of methoxy groups -OCH3 is 2. The van der Waals surface area contributed by atoms with E-state index < -0.39 is 0 Å². The Kier molecular flexibility index (Phi) is 4.37. The summed E-state index contributed by atoms with van der Waals surface area (Å²) in [5, 5.41) is 0. The lowest BCUT2D eigenvalue weighted by molar-refractivity contribution is 0.1000. The number of ketones is 1. The molecule has 0 radical (unpaired) electrons. The molecule has 0 aromatic heterocycles. The molecule has 134 valence electrons. The predicted molar refractivity (Wildman–Crippen MR) is 103 cm³/mol. The van der Waals surface area contributed by atoms with E-state index in [4.69, 9.17) is 14.5 Å². The highest BCUT2D eigenvalue weighted by molar-refractivity contribution is 6.22. The van der Waals surface area contributed by atoms with Crippen molar-refractivity contribution < 1.29 is 14.3 Å². The quantitative estimate of drug-likeness (QED) is 0.836. The summed E-state index contributed by atoms with van der Waals surface area (Å²) in [5.74, 6) is 1.34. The molecule has 1 saturated heterocycles. The maximum absolute atomic E-state index is 12.8. The number of ether oxygens (including phenoxy) is 2. The zero-order valence-corrected chi connectivity index (χ0v) is 15.1. The van der Waals surface area contributed by atoms with Crippen molar-refractivity contribution in [1.82, 2.24) is 0 Å². The molecule has 0 atom stereocenters. The third-order valence-electron chi connectivity index (χ3n) is 5.05. The van der Waals surface area contributed by atoms with E-state index in [0.29, 0.717) is 22.8 Å². The Morgan fingerprint density at radius 1 is 1.00 bits per heavy atom. The maximum Gasteiger partial charge on any atom is 0.171 e. The van der Waals surface area contributed by atoms with E-state index in [-0.39, 0.29) is 12.2 Å². The Morgan fingerprint density at radius 2 is 1.81 bits per heavy atom. The summed E-state index contributed by atoms with van der Waals surface area (Å²) in [7, 11) is 3.20. The van der Waals surface area contributed by atoms with Gasteiger partial charge in [-0.25, -0.2) is 0 Å². The normalized spacial score (nSPS) is 16.3. The predicted octanol–water partition coefficient (Wildman–Crippen LogP) is 4.01. The Hall–Kier alpha value is -2.82. The van der Waals surface area contributed by atoms with Crippen molar-refractivity contribution in [2.75, 3.05) is 32.2 Å². The van der Waals surface area contributed by atoms with Crippen molar-refractivity contribution >= 4 is 22.9 Å². The summed E-state index contributed by atoms with van der Waals surface area (Å²) in [5.41, 5.74) is 4.07. The summed E-state index contributed by atoms with van der Waals surface area (Å²) in [6.45, 7) is 2.12. The number of rotatable bonds is 4. The Labute approximate surface area is 153 Å². The van der Waals surface area contributed by atoms with Crippen molar-refractivity contribution in [3.8, 4) is 11.5 Å². The minimum absolute atomic E-state index is 0.0934. The van der Waals surface area contributed by atoms with Crippen LogP contribution < -0.4 is 14.4 Å². The van der Waals surface area contributed by atoms with Gasteiger partial charge in [0.25, 0.3) is 0 Å². The van der Waals surface area contributed by atoms with Gasteiger partial charge in [0.2, 0.25) is 0 Å². The van der Waals surface area contributed by atoms with Crippen molar-refractivity contribution in [2.24, 2.45) is 4.99 Å². The molecule has 26 heavy (non-hydrogen) atoms. The van der Waals surface area contributed by atoms with Crippen LogP contribution in [0.5, 0.6) is 11.5 Å². The zero-order valence-electron chi connectivity index (χ0n) is 15.1. The number of aliphatic imine (C=N–C) groups is 1. The van der Waals surface area contributed by atoms with Crippen LogP contribution in [-0.4, -0.2) is 38.8 Å². The molecule has 2 heterocycles. The van der Waals surface area contributed by atoms with E-state index in [0.717, 1.165) is 30.0 Å². The van der Waals surface area contributed by atoms with E-state index in [1.165, 1.54) is 12.8 Å². The molecule has 5 heteroatoms. The van der Waals surface area contributed by atoms with Crippen LogP contribution in [0, 0.1) is 0 Å². The van der Waals surface area contributed by atoms with E-state index in [9.17, 15) is 4.79 Å². The van der Waals surface area contributed by atoms with E-state index in [1.807, 2.05) is 30.3 Å². The topological polar surface area (TPSA) is 51.1 Å². The molecule has 5 nitrogen and oxygen atoms in total.